The predicted molar refractivity (Wildman–Crippen MR) is 139 cm³/mol. The second kappa shape index (κ2) is 12.2. The molecule has 2 amide bonds. The van der Waals surface area contributed by atoms with Gasteiger partial charge in [-0.25, -0.2) is 8.42 Å². The lowest BCUT2D eigenvalue weighted by Crippen LogP contribution is -2.51. The SMILES string of the molecule is CCNC(=O)[C@H](C)N(Cc1ccccc1)C(=O)CN(c1cccc(OC)c1)S(=O)(=O)c1ccccc1. The number of carbonyl (C=O) groups is 2. The van der Waals surface area contributed by atoms with E-state index in [1.807, 2.05) is 30.3 Å². The van der Waals surface area contributed by atoms with Gasteiger partial charge in [0.05, 0.1) is 17.7 Å². The van der Waals surface area contributed by atoms with E-state index in [1.54, 1.807) is 56.3 Å². The summed E-state index contributed by atoms with van der Waals surface area (Å²) >= 11 is 0. The molecule has 0 aliphatic heterocycles. The van der Waals surface area contributed by atoms with Gasteiger partial charge in [0.1, 0.15) is 18.3 Å². The molecular formula is C27H31N3O5S. The lowest BCUT2D eigenvalue weighted by molar-refractivity contribution is -0.139. The van der Waals surface area contributed by atoms with Crippen LogP contribution in [0.4, 0.5) is 5.69 Å². The zero-order valence-corrected chi connectivity index (χ0v) is 21.4. The maximum Gasteiger partial charge on any atom is 0.264 e. The second-order valence-electron chi connectivity index (χ2n) is 8.10. The molecule has 190 valence electrons. The monoisotopic (exact) mass is 509 g/mol. The number of benzene rings is 3. The van der Waals surface area contributed by atoms with Crippen molar-refractivity contribution < 1.29 is 22.7 Å². The average Bonchev–Trinajstić information content (AvgIpc) is 2.91. The van der Waals surface area contributed by atoms with E-state index in [-0.39, 0.29) is 23.0 Å². The van der Waals surface area contributed by atoms with Crippen LogP contribution in [0.5, 0.6) is 5.75 Å². The van der Waals surface area contributed by atoms with Gasteiger partial charge in [0, 0.05) is 19.2 Å². The first-order valence-corrected chi connectivity index (χ1v) is 13.0. The number of carbonyl (C=O) groups excluding carboxylic acids is 2. The molecule has 0 aromatic heterocycles. The number of likely N-dealkylation sites (N-methyl/N-ethyl adjacent to an activating group) is 1. The topological polar surface area (TPSA) is 96.0 Å². The number of hydrogen-bond donors (Lipinski definition) is 1. The molecule has 9 heteroatoms. The number of rotatable bonds is 11. The van der Waals surface area contributed by atoms with E-state index in [4.69, 9.17) is 4.74 Å². The van der Waals surface area contributed by atoms with Gasteiger partial charge in [-0.05, 0) is 43.7 Å². The minimum absolute atomic E-state index is 0.0482. The quantitative estimate of drug-likeness (QED) is 0.427. The summed E-state index contributed by atoms with van der Waals surface area (Å²) in [7, 11) is -2.62. The van der Waals surface area contributed by atoms with Crippen LogP contribution in [0.15, 0.2) is 89.8 Å². The van der Waals surface area contributed by atoms with Gasteiger partial charge in [0.15, 0.2) is 0 Å². The first-order chi connectivity index (χ1) is 17.3. The van der Waals surface area contributed by atoms with Crippen LogP contribution >= 0.6 is 0 Å². The molecule has 0 aliphatic rings. The molecule has 0 bridgehead atoms. The molecule has 3 rings (SSSR count). The molecule has 1 N–H and O–H groups in total. The van der Waals surface area contributed by atoms with Crippen LogP contribution < -0.4 is 14.4 Å². The molecule has 36 heavy (non-hydrogen) atoms. The van der Waals surface area contributed by atoms with E-state index in [0.717, 1.165) is 9.87 Å². The zero-order valence-electron chi connectivity index (χ0n) is 20.6. The van der Waals surface area contributed by atoms with Gasteiger partial charge in [-0.3, -0.25) is 13.9 Å². The molecule has 0 aliphatic carbocycles. The van der Waals surface area contributed by atoms with E-state index in [0.29, 0.717) is 12.3 Å². The lowest BCUT2D eigenvalue weighted by Gasteiger charge is -2.32. The normalized spacial score (nSPS) is 11.9. The summed E-state index contributed by atoms with van der Waals surface area (Å²) in [6, 6.07) is 22.9. The zero-order chi connectivity index (χ0) is 26.1. The highest BCUT2D eigenvalue weighted by atomic mass is 32.2. The number of methoxy groups -OCH3 is 1. The average molecular weight is 510 g/mol. The molecule has 3 aromatic rings. The Hall–Kier alpha value is -3.85. The number of ether oxygens (including phenoxy) is 1. The van der Waals surface area contributed by atoms with Crippen LogP contribution in [0.3, 0.4) is 0 Å². The smallest absolute Gasteiger partial charge is 0.264 e. The molecule has 0 spiro atoms. The van der Waals surface area contributed by atoms with Gasteiger partial charge in [-0.15, -0.1) is 0 Å². The summed E-state index contributed by atoms with van der Waals surface area (Å²) in [5, 5.41) is 2.74. The summed E-state index contributed by atoms with van der Waals surface area (Å²) in [5.41, 5.74) is 1.10. The Balaban J connectivity index is 2.02. The van der Waals surface area contributed by atoms with Crippen LogP contribution in [0.1, 0.15) is 19.4 Å². The van der Waals surface area contributed by atoms with Crippen LogP contribution in [0.2, 0.25) is 0 Å². The second-order valence-corrected chi connectivity index (χ2v) is 9.97. The third kappa shape index (κ3) is 6.42. The Morgan fingerprint density at radius 3 is 2.19 bits per heavy atom. The number of hydrogen-bond acceptors (Lipinski definition) is 5. The Bertz CT molecular complexity index is 1270. The minimum atomic E-state index is -4.11. The van der Waals surface area contributed by atoms with Crippen LogP contribution in [-0.4, -0.2) is 51.4 Å². The van der Waals surface area contributed by atoms with E-state index in [2.05, 4.69) is 5.32 Å². The number of amides is 2. The Morgan fingerprint density at radius 2 is 1.58 bits per heavy atom. The largest absolute Gasteiger partial charge is 0.497 e. The highest BCUT2D eigenvalue weighted by molar-refractivity contribution is 7.92. The fourth-order valence-corrected chi connectivity index (χ4v) is 5.13. The van der Waals surface area contributed by atoms with Crippen LogP contribution in [0, 0.1) is 0 Å². The van der Waals surface area contributed by atoms with Gasteiger partial charge in [-0.1, -0.05) is 54.6 Å². The maximum absolute atomic E-state index is 13.7. The van der Waals surface area contributed by atoms with Crippen molar-refractivity contribution in [1.29, 1.82) is 0 Å². The summed E-state index contributed by atoms with van der Waals surface area (Å²) in [5.74, 6) is -0.384. The minimum Gasteiger partial charge on any atom is -0.497 e. The summed E-state index contributed by atoms with van der Waals surface area (Å²) in [6.45, 7) is 3.49. The standard InChI is InChI=1S/C27H31N3O5S/c1-4-28-27(32)21(2)29(19-22-12-7-5-8-13-22)26(31)20-30(23-14-11-15-24(18-23)35-3)36(33,34)25-16-9-6-10-17-25/h5-18,21H,4,19-20H2,1-3H3,(H,28,32)/t21-/m0/s1. The van der Waals surface area contributed by atoms with Crippen molar-refractivity contribution in [2.24, 2.45) is 0 Å². The molecule has 1 atom stereocenters. The first kappa shape index (κ1) is 26.7. The molecule has 0 heterocycles. The van der Waals surface area contributed by atoms with Crippen molar-refractivity contribution >= 4 is 27.5 Å². The Morgan fingerprint density at radius 1 is 0.944 bits per heavy atom. The fraction of sp³-hybridized carbons (Fsp3) is 0.259. The third-order valence-corrected chi connectivity index (χ3v) is 7.45. The fourth-order valence-electron chi connectivity index (χ4n) is 3.70. The van der Waals surface area contributed by atoms with Gasteiger partial charge in [0.2, 0.25) is 11.8 Å². The van der Waals surface area contributed by atoms with Crippen molar-refractivity contribution in [3.05, 3.63) is 90.5 Å². The number of nitrogens with zero attached hydrogens (tertiary/aromatic N) is 2. The van der Waals surface area contributed by atoms with E-state index in [1.165, 1.54) is 24.1 Å². The Labute approximate surface area is 212 Å². The summed E-state index contributed by atoms with van der Waals surface area (Å²) in [4.78, 5) is 27.9. The van der Waals surface area contributed by atoms with Crippen molar-refractivity contribution in [2.75, 3.05) is 24.5 Å². The van der Waals surface area contributed by atoms with Crippen molar-refractivity contribution in [3.8, 4) is 5.75 Å². The third-order valence-electron chi connectivity index (χ3n) is 5.67. The van der Waals surface area contributed by atoms with E-state index >= 15 is 0 Å². The molecule has 0 fully saturated rings. The van der Waals surface area contributed by atoms with Crippen molar-refractivity contribution in [3.63, 3.8) is 0 Å². The maximum atomic E-state index is 13.7. The van der Waals surface area contributed by atoms with Gasteiger partial charge >= 0.3 is 0 Å². The van der Waals surface area contributed by atoms with E-state index in [9.17, 15) is 18.0 Å². The molecule has 8 nitrogen and oxygen atoms in total. The molecule has 3 aromatic carbocycles. The molecule has 0 saturated heterocycles. The molecule has 0 saturated carbocycles. The highest BCUT2D eigenvalue weighted by Crippen LogP contribution is 2.27. The number of anilines is 1. The first-order valence-electron chi connectivity index (χ1n) is 11.6. The van der Waals surface area contributed by atoms with Crippen molar-refractivity contribution in [2.45, 2.75) is 31.3 Å². The highest BCUT2D eigenvalue weighted by Gasteiger charge is 2.32. The molecule has 0 radical (unpaired) electrons. The summed E-state index contributed by atoms with van der Waals surface area (Å²) in [6.07, 6.45) is 0. The molecular weight excluding hydrogens is 478 g/mol. The van der Waals surface area contributed by atoms with Gasteiger partial charge in [-0.2, -0.15) is 0 Å². The van der Waals surface area contributed by atoms with Gasteiger partial charge < -0.3 is 15.0 Å². The number of nitrogens with one attached hydrogen (secondary N) is 1. The van der Waals surface area contributed by atoms with Crippen LogP contribution in [0.25, 0.3) is 0 Å². The Kier molecular flexibility index (Phi) is 9.08. The van der Waals surface area contributed by atoms with E-state index < -0.39 is 28.5 Å². The lowest BCUT2D eigenvalue weighted by atomic mass is 10.1. The van der Waals surface area contributed by atoms with Crippen molar-refractivity contribution in [1.82, 2.24) is 10.2 Å². The van der Waals surface area contributed by atoms with Gasteiger partial charge in [0.25, 0.3) is 10.0 Å². The predicted octanol–water partition coefficient (Wildman–Crippen LogP) is 3.44. The molecule has 0 unspecified atom stereocenters. The van der Waals surface area contributed by atoms with Crippen LogP contribution in [-0.2, 0) is 26.2 Å². The summed E-state index contributed by atoms with van der Waals surface area (Å²) < 4.78 is 33.7. The number of sulfonamides is 1.